The van der Waals surface area contributed by atoms with Gasteiger partial charge in [0.05, 0.1) is 0 Å². The van der Waals surface area contributed by atoms with Crippen LogP contribution in [0, 0.1) is 0 Å². The van der Waals surface area contributed by atoms with Gasteiger partial charge in [0.1, 0.15) is 0 Å². The smallest absolute Gasteiger partial charge is 0.759 e. The summed E-state index contributed by atoms with van der Waals surface area (Å²) < 4.78 is 34.1. The molecule has 0 bridgehead atoms. The molecule has 56 valence electrons. The first-order valence-corrected chi connectivity index (χ1v) is 2.93. The summed E-state index contributed by atoms with van der Waals surface area (Å²) in [5.41, 5.74) is 0. The molecular formula is C2H4BaO6S. The first-order valence-electron chi connectivity index (χ1n) is 1.59. The van der Waals surface area contributed by atoms with E-state index >= 15 is 0 Å². The predicted molar refractivity (Wildman–Crippen MR) is 29.5 cm³/mol. The number of hydrogen-bond donors (Lipinski definition) is 1. The Kier molecular flexibility index (Phi) is 13.7. The maximum atomic E-state index is 9.00. The van der Waals surface area contributed by atoms with Gasteiger partial charge in [-0.25, -0.2) is 0 Å². The van der Waals surface area contributed by atoms with Gasteiger partial charge in [0.25, 0.3) is 5.97 Å². The van der Waals surface area contributed by atoms with Crippen molar-refractivity contribution in [3.8, 4) is 0 Å². The van der Waals surface area contributed by atoms with Crippen molar-refractivity contribution >= 4 is 65.2 Å². The fraction of sp³-hybridized carbons (Fsp3) is 0.500. The number of carboxylic acid groups (broad SMARTS) is 1. The van der Waals surface area contributed by atoms with Crippen LogP contribution in [0.2, 0.25) is 0 Å². The van der Waals surface area contributed by atoms with Gasteiger partial charge in [-0.3, -0.25) is 13.2 Å². The zero-order valence-electron chi connectivity index (χ0n) is 5.10. The Morgan fingerprint density at radius 3 is 1.40 bits per heavy atom. The summed E-state index contributed by atoms with van der Waals surface area (Å²) in [6.45, 7) is 1.08. The maximum absolute atomic E-state index is 9.00. The third-order valence-corrected chi connectivity index (χ3v) is 0. The first kappa shape index (κ1) is 17.1. The molecule has 0 radical (unpaired) electrons. The van der Waals surface area contributed by atoms with Crippen LogP contribution >= 0.6 is 0 Å². The molecule has 0 fully saturated rings. The fourth-order valence-electron chi connectivity index (χ4n) is 0. The van der Waals surface area contributed by atoms with E-state index in [4.69, 9.17) is 27.4 Å². The van der Waals surface area contributed by atoms with Crippen LogP contribution in [0.1, 0.15) is 6.92 Å². The summed E-state index contributed by atoms with van der Waals surface area (Å²) in [7, 11) is -5.17. The minimum Gasteiger partial charge on any atom is -0.759 e. The van der Waals surface area contributed by atoms with Crippen molar-refractivity contribution in [1.29, 1.82) is 0 Å². The third-order valence-electron chi connectivity index (χ3n) is 0. The monoisotopic (exact) mass is 294 g/mol. The van der Waals surface area contributed by atoms with Gasteiger partial charge in [-0.2, -0.15) is 0 Å². The molecule has 0 aromatic heterocycles. The van der Waals surface area contributed by atoms with Crippen LogP contribution in [-0.2, 0) is 15.2 Å². The zero-order valence-corrected chi connectivity index (χ0v) is 10.4. The van der Waals surface area contributed by atoms with E-state index < -0.39 is 16.4 Å². The molecule has 0 aliphatic heterocycles. The second-order valence-corrected chi connectivity index (χ2v) is 1.74. The van der Waals surface area contributed by atoms with Crippen molar-refractivity contribution in [1.82, 2.24) is 0 Å². The second kappa shape index (κ2) is 8.01. The van der Waals surface area contributed by atoms with Crippen molar-refractivity contribution in [2.45, 2.75) is 6.92 Å². The summed E-state index contributed by atoms with van der Waals surface area (Å²) in [6.07, 6.45) is 0. The van der Waals surface area contributed by atoms with Crippen LogP contribution in [0.3, 0.4) is 0 Å². The SMILES string of the molecule is CC(=O)O.O=S(=O)([O-])[O-].[Ba+2]. The molecule has 0 atom stereocenters. The summed E-state index contributed by atoms with van der Waals surface area (Å²) in [4.78, 5) is 9.00. The van der Waals surface area contributed by atoms with Crippen LogP contribution < -0.4 is 0 Å². The molecule has 0 aliphatic carbocycles. The van der Waals surface area contributed by atoms with E-state index in [1.54, 1.807) is 0 Å². The number of rotatable bonds is 0. The van der Waals surface area contributed by atoms with Gasteiger partial charge in [-0.15, -0.1) is 0 Å². The number of aliphatic carboxylic acids is 1. The van der Waals surface area contributed by atoms with Crippen LogP contribution in [0.25, 0.3) is 0 Å². The minimum atomic E-state index is -5.17. The molecule has 8 heteroatoms. The molecule has 0 heterocycles. The van der Waals surface area contributed by atoms with Crippen molar-refractivity contribution in [3.05, 3.63) is 0 Å². The molecule has 0 amide bonds. The van der Waals surface area contributed by atoms with Crippen LogP contribution in [-0.4, -0.2) is 77.5 Å². The minimum absolute atomic E-state index is 0. The number of carboxylic acids is 1. The van der Waals surface area contributed by atoms with Crippen molar-refractivity contribution in [2.75, 3.05) is 0 Å². The van der Waals surface area contributed by atoms with E-state index in [0.29, 0.717) is 0 Å². The van der Waals surface area contributed by atoms with Crippen LogP contribution in [0.4, 0.5) is 0 Å². The van der Waals surface area contributed by atoms with E-state index in [9.17, 15) is 0 Å². The molecule has 0 spiro atoms. The van der Waals surface area contributed by atoms with E-state index in [-0.39, 0.29) is 48.9 Å². The molecule has 0 aromatic rings. The average Bonchev–Trinajstić information content (AvgIpc) is 1.19. The van der Waals surface area contributed by atoms with Crippen molar-refractivity contribution in [2.24, 2.45) is 0 Å². The Bertz CT molecular complexity index is 158. The Morgan fingerprint density at radius 1 is 1.40 bits per heavy atom. The van der Waals surface area contributed by atoms with Gasteiger partial charge >= 0.3 is 48.9 Å². The van der Waals surface area contributed by atoms with Crippen LogP contribution in [0.5, 0.6) is 0 Å². The quantitative estimate of drug-likeness (QED) is 0.325. The Balaban J connectivity index is -0.0000000910. The third kappa shape index (κ3) is 671. The van der Waals surface area contributed by atoms with Crippen LogP contribution in [0.15, 0.2) is 0 Å². The Labute approximate surface area is 98.3 Å². The summed E-state index contributed by atoms with van der Waals surface area (Å²) in [6, 6.07) is 0. The molecule has 0 aliphatic rings. The molecular weight excluding hydrogens is 289 g/mol. The predicted octanol–water partition coefficient (Wildman–Crippen LogP) is -1.63. The molecule has 0 unspecified atom stereocenters. The largest absolute Gasteiger partial charge is 2.00 e. The fourth-order valence-corrected chi connectivity index (χ4v) is 0. The van der Waals surface area contributed by atoms with Gasteiger partial charge in [-0.05, 0) is 0 Å². The van der Waals surface area contributed by atoms with E-state index in [1.165, 1.54) is 0 Å². The summed E-state index contributed by atoms with van der Waals surface area (Å²) in [5, 5.41) is 7.42. The Hall–Kier alpha value is 0.911. The van der Waals surface area contributed by atoms with Gasteiger partial charge in [0, 0.05) is 17.3 Å². The van der Waals surface area contributed by atoms with Gasteiger partial charge < -0.3 is 14.2 Å². The van der Waals surface area contributed by atoms with Crippen molar-refractivity contribution in [3.63, 3.8) is 0 Å². The normalized spacial score (nSPS) is 8.30. The van der Waals surface area contributed by atoms with Gasteiger partial charge in [-0.1, -0.05) is 0 Å². The molecule has 0 aromatic carbocycles. The topological polar surface area (TPSA) is 118 Å². The molecule has 6 nitrogen and oxygen atoms in total. The maximum Gasteiger partial charge on any atom is 2.00 e. The molecule has 10 heavy (non-hydrogen) atoms. The Morgan fingerprint density at radius 2 is 1.40 bits per heavy atom. The number of hydrogen-bond acceptors (Lipinski definition) is 5. The molecule has 1 N–H and O–H groups in total. The van der Waals surface area contributed by atoms with E-state index in [0.717, 1.165) is 6.92 Å². The van der Waals surface area contributed by atoms with E-state index in [1.807, 2.05) is 0 Å². The van der Waals surface area contributed by atoms with Crippen molar-refractivity contribution < 1.29 is 27.4 Å². The van der Waals surface area contributed by atoms with E-state index in [2.05, 4.69) is 0 Å². The van der Waals surface area contributed by atoms with Gasteiger partial charge in [0.2, 0.25) is 0 Å². The zero-order chi connectivity index (χ0) is 8.08. The number of carbonyl (C=O) groups is 1. The first-order chi connectivity index (χ1) is 3.73. The second-order valence-electron chi connectivity index (χ2n) is 0.927. The standard InChI is InChI=1S/C2H4O2.Ba.H2O4S/c1-2(3)4;;1-5(2,3)4/h1H3,(H,3,4);;(H2,1,2,3,4)/q;+2;/p-2. The molecule has 0 rings (SSSR count). The molecule has 0 saturated carbocycles. The summed E-state index contributed by atoms with van der Waals surface area (Å²) in [5.74, 6) is -0.833. The molecule has 0 saturated heterocycles. The van der Waals surface area contributed by atoms with Gasteiger partial charge in [0.15, 0.2) is 0 Å². The average molecular weight is 293 g/mol. The summed E-state index contributed by atoms with van der Waals surface area (Å²) >= 11 is 0.